The summed E-state index contributed by atoms with van der Waals surface area (Å²) in [4.78, 5) is 4.88. The molecule has 0 aliphatic heterocycles. The minimum absolute atomic E-state index is 0.247. The number of fused-ring (bicyclic) bond motifs is 1. The number of methoxy groups -OCH3 is 1. The molecule has 0 saturated heterocycles. The number of ether oxygens (including phenoxy) is 1. The zero-order valence-corrected chi connectivity index (χ0v) is 14.2. The monoisotopic (exact) mass is 289 g/mol. The Morgan fingerprint density at radius 3 is 2.29 bits per heavy atom. The number of nitrogens with two attached hydrogens (primary N) is 1. The van der Waals surface area contributed by atoms with Crippen molar-refractivity contribution in [2.75, 3.05) is 7.11 Å². The Balaban J connectivity index is 2.77. The van der Waals surface area contributed by atoms with Crippen molar-refractivity contribution in [1.82, 2.24) is 9.55 Å². The molecular weight excluding hydrogens is 262 g/mol. The van der Waals surface area contributed by atoms with Crippen LogP contribution < -0.4 is 10.5 Å². The molecule has 116 valence electrons. The Kier molecular flexibility index (Phi) is 3.79. The fraction of sp³-hybridized carbons (Fsp3) is 0.588. The summed E-state index contributed by atoms with van der Waals surface area (Å²) in [7, 11) is 1.68. The van der Waals surface area contributed by atoms with E-state index in [0.717, 1.165) is 22.6 Å². The molecule has 0 radical (unpaired) electrons. The first-order valence-electron chi connectivity index (χ1n) is 7.45. The maximum absolute atomic E-state index is 6.41. The fourth-order valence-electron chi connectivity index (χ4n) is 2.46. The van der Waals surface area contributed by atoms with Crippen molar-refractivity contribution in [3.05, 3.63) is 24.0 Å². The first-order chi connectivity index (χ1) is 9.59. The van der Waals surface area contributed by atoms with Gasteiger partial charge in [0.15, 0.2) is 0 Å². The van der Waals surface area contributed by atoms with Gasteiger partial charge in [-0.2, -0.15) is 0 Å². The molecule has 1 heterocycles. The number of nitrogens with zero attached hydrogens (tertiary/aromatic N) is 2. The molecule has 21 heavy (non-hydrogen) atoms. The van der Waals surface area contributed by atoms with E-state index in [1.54, 1.807) is 7.11 Å². The van der Waals surface area contributed by atoms with Gasteiger partial charge < -0.3 is 15.0 Å². The second-order valence-corrected chi connectivity index (χ2v) is 7.10. The Morgan fingerprint density at radius 1 is 1.19 bits per heavy atom. The number of hydrogen-bond donors (Lipinski definition) is 1. The lowest BCUT2D eigenvalue weighted by atomic mass is 9.74. The molecule has 0 amide bonds. The Bertz CT molecular complexity index is 648. The number of imidazole rings is 1. The number of rotatable bonds is 4. The standard InChI is InChI=1S/C17H27N3O/c1-11(2)20-14-9-8-12(21-7)10-13(14)19-15(20)16(3,4)17(5,6)18/h8-11H,18H2,1-7H3. The van der Waals surface area contributed by atoms with Crippen LogP contribution in [0.25, 0.3) is 11.0 Å². The van der Waals surface area contributed by atoms with Gasteiger partial charge in [-0.3, -0.25) is 0 Å². The van der Waals surface area contributed by atoms with Gasteiger partial charge in [-0.25, -0.2) is 4.98 Å². The van der Waals surface area contributed by atoms with Crippen LogP contribution in [0.2, 0.25) is 0 Å². The van der Waals surface area contributed by atoms with Gasteiger partial charge in [-0.1, -0.05) is 13.8 Å². The summed E-state index contributed by atoms with van der Waals surface area (Å²) in [5.74, 6) is 1.85. The van der Waals surface area contributed by atoms with Crippen molar-refractivity contribution < 1.29 is 4.74 Å². The Hall–Kier alpha value is -1.55. The highest BCUT2D eigenvalue weighted by Gasteiger charge is 2.39. The molecule has 4 nitrogen and oxygen atoms in total. The molecule has 2 rings (SSSR count). The molecule has 0 bridgehead atoms. The molecule has 0 aliphatic carbocycles. The van der Waals surface area contributed by atoms with Gasteiger partial charge in [0.05, 0.1) is 18.1 Å². The molecule has 4 heteroatoms. The van der Waals surface area contributed by atoms with Gasteiger partial charge in [0.1, 0.15) is 11.6 Å². The lowest BCUT2D eigenvalue weighted by molar-refractivity contribution is 0.279. The zero-order valence-electron chi connectivity index (χ0n) is 14.2. The van der Waals surface area contributed by atoms with E-state index in [-0.39, 0.29) is 11.0 Å². The second-order valence-electron chi connectivity index (χ2n) is 7.10. The van der Waals surface area contributed by atoms with Gasteiger partial charge >= 0.3 is 0 Å². The highest BCUT2D eigenvalue weighted by Crippen LogP contribution is 2.36. The summed E-state index contributed by atoms with van der Waals surface area (Å²) in [6.45, 7) is 12.8. The van der Waals surface area contributed by atoms with Crippen LogP contribution in [0.4, 0.5) is 0 Å². The SMILES string of the molecule is COc1ccc2c(c1)nc(C(C)(C)C(C)(C)N)n2C(C)C. The second kappa shape index (κ2) is 5.02. The van der Waals surface area contributed by atoms with Crippen LogP contribution in [0.3, 0.4) is 0 Å². The molecule has 0 aliphatic rings. The largest absolute Gasteiger partial charge is 0.497 e. The molecule has 0 spiro atoms. The summed E-state index contributed by atoms with van der Waals surface area (Å²) in [6, 6.07) is 6.36. The average molecular weight is 289 g/mol. The van der Waals surface area contributed by atoms with Crippen molar-refractivity contribution in [2.24, 2.45) is 5.73 Å². The summed E-state index contributed by atoms with van der Waals surface area (Å²) in [5.41, 5.74) is 7.88. The van der Waals surface area contributed by atoms with Gasteiger partial charge in [0.2, 0.25) is 0 Å². The van der Waals surface area contributed by atoms with Gasteiger partial charge in [-0.15, -0.1) is 0 Å². The normalized spacial score (nSPS) is 13.2. The molecule has 1 aromatic heterocycles. The lowest BCUT2D eigenvalue weighted by Crippen LogP contribution is -2.51. The molecule has 0 saturated carbocycles. The van der Waals surface area contributed by atoms with Crippen molar-refractivity contribution >= 4 is 11.0 Å². The van der Waals surface area contributed by atoms with Gasteiger partial charge in [-0.05, 0) is 39.8 Å². The van der Waals surface area contributed by atoms with Crippen LogP contribution in [0.15, 0.2) is 18.2 Å². The van der Waals surface area contributed by atoms with E-state index < -0.39 is 0 Å². The van der Waals surface area contributed by atoms with E-state index in [2.05, 4.69) is 52.2 Å². The van der Waals surface area contributed by atoms with Crippen LogP contribution in [0, 0.1) is 0 Å². The zero-order chi connectivity index (χ0) is 16.0. The molecule has 1 aromatic carbocycles. The number of benzene rings is 1. The average Bonchev–Trinajstić information content (AvgIpc) is 2.75. The number of hydrogen-bond acceptors (Lipinski definition) is 3. The topological polar surface area (TPSA) is 53.1 Å². The molecule has 2 aromatic rings. The Labute approximate surface area is 127 Å². The molecule has 0 unspecified atom stereocenters. The lowest BCUT2D eigenvalue weighted by Gasteiger charge is -2.38. The molecule has 0 atom stereocenters. The van der Waals surface area contributed by atoms with Gasteiger partial charge in [0.25, 0.3) is 0 Å². The van der Waals surface area contributed by atoms with Crippen molar-refractivity contribution in [3.8, 4) is 5.75 Å². The minimum Gasteiger partial charge on any atom is -0.497 e. The van der Waals surface area contributed by atoms with Crippen molar-refractivity contribution in [1.29, 1.82) is 0 Å². The van der Waals surface area contributed by atoms with E-state index in [4.69, 9.17) is 15.5 Å². The predicted octanol–water partition coefficient (Wildman–Crippen LogP) is 3.64. The molecular formula is C17H27N3O. The molecule has 0 fully saturated rings. The first kappa shape index (κ1) is 15.8. The van der Waals surface area contributed by atoms with E-state index in [0.29, 0.717) is 6.04 Å². The summed E-state index contributed by atoms with van der Waals surface area (Å²) >= 11 is 0. The predicted molar refractivity (Wildman–Crippen MR) is 88.0 cm³/mol. The Morgan fingerprint density at radius 2 is 1.81 bits per heavy atom. The van der Waals surface area contributed by atoms with Crippen molar-refractivity contribution in [2.45, 2.75) is 58.5 Å². The quantitative estimate of drug-likeness (QED) is 0.935. The third kappa shape index (κ3) is 2.53. The smallest absolute Gasteiger partial charge is 0.121 e. The van der Waals surface area contributed by atoms with E-state index in [1.165, 1.54) is 0 Å². The molecule has 2 N–H and O–H groups in total. The fourth-order valence-corrected chi connectivity index (χ4v) is 2.46. The summed E-state index contributed by atoms with van der Waals surface area (Å²) in [5, 5.41) is 0. The van der Waals surface area contributed by atoms with Gasteiger partial charge in [0, 0.05) is 23.1 Å². The summed E-state index contributed by atoms with van der Waals surface area (Å²) < 4.78 is 7.59. The van der Waals surface area contributed by atoms with E-state index >= 15 is 0 Å². The maximum atomic E-state index is 6.41. The van der Waals surface area contributed by atoms with Crippen LogP contribution in [0.1, 0.15) is 53.4 Å². The minimum atomic E-state index is -0.370. The van der Waals surface area contributed by atoms with Crippen LogP contribution >= 0.6 is 0 Å². The van der Waals surface area contributed by atoms with E-state index in [1.807, 2.05) is 12.1 Å². The third-order valence-corrected chi connectivity index (χ3v) is 4.58. The maximum Gasteiger partial charge on any atom is 0.121 e. The first-order valence-corrected chi connectivity index (χ1v) is 7.45. The highest BCUT2D eigenvalue weighted by molar-refractivity contribution is 5.78. The van der Waals surface area contributed by atoms with Crippen LogP contribution in [-0.2, 0) is 5.41 Å². The van der Waals surface area contributed by atoms with Crippen molar-refractivity contribution in [3.63, 3.8) is 0 Å². The van der Waals surface area contributed by atoms with Crippen LogP contribution in [0.5, 0.6) is 5.75 Å². The highest BCUT2D eigenvalue weighted by atomic mass is 16.5. The number of aromatic nitrogens is 2. The van der Waals surface area contributed by atoms with E-state index in [9.17, 15) is 0 Å². The third-order valence-electron chi connectivity index (χ3n) is 4.58. The summed E-state index contributed by atoms with van der Waals surface area (Å²) in [6.07, 6.45) is 0. The van der Waals surface area contributed by atoms with Crippen LogP contribution in [-0.4, -0.2) is 22.2 Å².